The van der Waals surface area contributed by atoms with Gasteiger partial charge in [0.1, 0.15) is 11.8 Å². The Morgan fingerprint density at radius 2 is 1.89 bits per heavy atom. The standard InChI is InChI=1S/C14H8N2S2/c15-8-12-13(11-6-7-17-9-11)16-18-14(12)10-4-2-1-3-5-10/h1-7,9H. The number of thiophene rings is 1. The SMILES string of the molecule is N#Cc1c(-c2ccsc2)nsc1-c1ccccc1. The Bertz CT molecular complexity index is 691. The second-order valence-corrected chi connectivity index (χ2v) is 5.28. The van der Waals surface area contributed by atoms with Crippen molar-refractivity contribution in [1.82, 2.24) is 4.37 Å². The van der Waals surface area contributed by atoms with E-state index in [2.05, 4.69) is 10.4 Å². The summed E-state index contributed by atoms with van der Waals surface area (Å²) in [4.78, 5) is 0.944. The molecule has 3 rings (SSSR count). The lowest BCUT2D eigenvalue weighted by atomic mass is 10.1. The first kappa shape index (κ1) is 11.1. The third kappa shape index (κ3) is 1.84. The van der Waals surface area contributed by atoms with E-state index in [4.69, 9.17) is 0 Å². The molecule has 3 aromatic rings. The average Bonchev–Trinajstić information content (AvgIpc) is 3.08. The lowest BCUT2D eigenvalue weighted by Gasteiger charge is -1.97. The Hall–Kier alpha value is -1.96. The molecule has 0 aliphatic heterocycles. The van der Waals surface area contributed by atoms with Crippen molar-refractivity contribution in [3.05, 3.63) is 52.7 Å². The molecule has 4 heteroatoms. The predicted octanol–water partition coefficient (Wildman–Crippen LogP) is 4.41. The Balaban J connectivity index is 2.17. The van der Waals surface area contributed by atoms with Crippen molar-refractivity contribution in [2.45, 2.75) is 0 Å². The topological polar surface area (TPSA) is 36.7 Å². The van der Waals surface area contributed by atoms with Crippen LogP contribution in [-0.4, -0.2) is 4.37 Å². The van der Waals surface area contributed by atoms with Crippen molar-refractivity contribution in [2.75, 3.05) is 0 Å². The summed E-state index contributed by atoms with van der Waals surface area (Å²) in [5.74, 6) is 0. The molecule has 0 amide bonds. The zero-order valence-corrected chi connectivity index (χ0v) is 11.0. The third-order valence-electron chi connectivity index (χ3n) is 2.63. The molecule has 86 valence electrons. The molecule has 0 saturated carbocycles. The highest BCUT2D eigenvalue weighted by atomic mass is 32.1. The molecule has 2 nitrogen and oxygen atoms in total. The average molecular weight is 268 g/mol. The van der Waals surface area contributed by atoms with E-state index in [9.17, 15) is 5.26 Å². The number of hydrogen-bond acceptors (Lipinski definition) is 4. The monoisotopic (exact) mass is 268 g/mol. The number of benzene rings is 1. The predicted molar refractivity (Wildman–Crippen MR) is 75.6 cm³/mol. The van der Waals surface area contributed by atoms with Crippen LogP contribution in [-0.2, 0) is 0 Å². The number of nitriles is 1. The van der Waals surface area contributed by atoms with Crippen LogP contribution in [0.5, 0.6) is 0 Å². The van der Waals surface area contributed by atoms with Crippen LogP contribution in [0.25, 0.3) is 21.7 Å². The van der Waals surface area contributed by atoms with Gasteiger partial charge in [-0.1, -0.05) is 30.3 Å². The fourth-order valence-electron chi connectivity index (χ4n) is 1.78. The minimum absolute atomic E-state index is 0.671. The molecular weight excluding hydrogens is 260 g/mol. The van der Waals surface area contributed by atoms with E-state index in [0.29, 0.717) is 5.56 Å². The van der Waals surface area contributed by atoms with E-state index in [-0.39, 0.29) is 0 Å². The van der Waals surface area contributed by atoms with E-state index in [1.165, 1.54) is 11.5 Å². The molecule has 0 atom stereocenters. The molecule has 0 bridgehead atoms. The minimum atomic E-state index is 0.671. The molecule has 0 saturated heterocycles. The number of rotatable bonds is 2. The summed E-state index contributed by atoms with van der Waals surface area (Å²) in [5.41, 5.74) is 3.54. The Kier molecular flexibility index (Phi) is 2.93. The lowest BCUT2D eigenvalue weighted by Crippen LogP contribution is -1.81. The van der Waals surface area contributed by atoms with E-state index in [1.54, 1.807) is 11.3 Å². The van der Waals surface area contributed by atoms with Crippen LogP contribution < -0.4 is 0 Å². The van der Waals surface area contributed by atoms with Crippen molar-refractivity contribution in [2.24, 2.45) is 0 Å². The fraction of sp³-hybridized carbons (Fsp3) is 0. The van der Waals surface area contributed by atoms with Gasteiger partial charge in [-0.3, -0.25) is 0 Å². The van der Waals surface area contributed by atoms with E-state index < -0.39 is 0 Å². The van der Waals surface area contributed by atoms with Crippen molar-refractivity contribution in [3.8, 4) is 27.8 Å². The van der Waals surface area contributed by atoms with Crippen LogP contribution in [0, 0.1) is 11.3 Å². The normalized spacial score (nSPS) is 10.2. The van der Waals surface area contributed by atoms with Crippen LogP contribution in [0.4, 0.5) is 0 Å². The van der Waals surface area contributed by atoms with Gasteiger partial charge >= 0.3 is 0 Å². The van der Waals surface area contributed by atoms with Crippen LogP contribution in [0.2, 0.25) is 0 Å². The molecule has 0 radical (unpaired) electrons. The van der Waals surface area contributed by atoms with Gasteiger partial charge in [0.2, 0.25) is 0 Å². The third-order valence-corrected chi connectivity index (χ3v) is 4.21. The number of aromatic nitrogens is 1. The van der Waals surface area contributed by atoms with E-state index >= 15 is 0 Å². The second-order valence-electron chi connectivity index (χ2n) is 3.73. The molecule has 0 spiro atoms. The smallest absolute Gasteiger partial charge is 0.103 e. The summed E-state index contributed by atoms with van der Waals surface area (Å²) in [6.07, 6.45) is 0. The van der Waals surface area contributed by atoms with Gasteiger partial charge in [-0.25, -0.2) is 0 Å². The molecular formula is C14H8N2S2. The van der Waals surface area contributed by atoms with Crippen LogP contribution in [0.1, 0.15) is 5.56 Å². The molecule has 2 aromatic heterocycles. The Morgan fingerprint density at radius 1 is 1.06 bits per heavy atom. The summed E-state index contributed by atoms with van der Waals surface area (Å²) in [7, 11) is 0. The molecule has 2 heterocycles. The maximum Gasteiger partial charge on any atom is 0.103 e. The summed E-state index contributed by atoms with van der Waals surface area (Å²) in [6.45, 7) is 0. The maximum atomic E-state index is 9.37. The van der Waals surface area contributed by atoms with Crippen LogP contribution in [0.15, 0.2) is 47.2 Å². The van der Waals surface area contributed by atoms with Crippen LogP contribution in [0.3, 0.4) is 0 Å². The van der Waals surface area contributed by atoms with Crippen molar-refractivity contribution in [1.29, 1.82) is 5.26 Å². The van der Waals surface area contributed by atoms with Gasteiger partial charge in [-0.15, -0.1) is 0 Å². The van der Waals surface area contributed by atoms with Gasteiger partial charge in [0.05, 0.1) is 10.4 Å². The zero-order chi connectivity index (χ0) is 12.4. The molecule has 0 fully saturated rings. The first-order chi connectivity index (χ1) is 8.90. The highest BCUT2D eigenvalue weighted by molar-refractivity contribution is 7.10. The zero-order valence-electron chi connectivity index (χ0n) is 9.33. The number of hydrogen-bond donors (Lipinski definition) is 0. The van der Waals surface area contributed by atoms with Gasteiger partial charge in [0.25, 0.3) is 0 Å². The lowest BCUT2D eigenvalue weighted by molar-refractivity contribution is 1.47. The fourth-order valence-corrected chi connectivity index (χ4v) is 3.27. The molecule has 0 N–H and O–H groups in total. The molecule has 1 aromatic carbocycles. The van der Waals surface area contributed by atoms with Crippen molar-refractivity contribution in [3.63, 3.8) is 0 Å². The summed E-state index contributed by atoms with van der Waals surface area (Å²) < 4.78 is 4.43. The molecule has 0 aliphatic rings. The molecule has 0 unspecified atom stereocenters. The largest absolute Gasteiger partial charge is 0.192 e. The highest BCUT2D eigenvalue weighted by Gasteiger charge is 2.16. The summed E-state index contributed by atoms with van der Waals surface area (Å²) >= 11 is 3.00. The van der Waals surface area contributed by atoms with Gasteiger partial charge in [-0.05, 0) is 28.5 Å². The Labute approximate surface area is 113 Å². The van der Waals surface area contributed by atoms with Gasteiger partial charge < -0.3 is 0 Å². The van der Waals surface area contributed by atoms with Crippen molar-refractivity contribution < 1.29 is 0 Å². The molecule has 18 heavy (non-hydrogen) atoms. The van der Waals surface area contributed by atoms with E-state index in [0.717, 1.165) is 21.7 Å². The summed E-state index contributed by atoms with van der Waals surface area (Å²) in [6, 6.07) is 14.2. The first-order valence-corrected chi connectivity index (χ1v) is 7.09. The highest BCUT2D eigenvalue weighted by Crippen LogP contribution is 2.35. The van der Waals surface area contributed by atoms with Gasteiger partial charge in [-0.2, -0.15) is 21.0 Å². The van der Waals surface area contributed by atoms with E-state index in [1.807, 2.05) is 47.2 Å². The second kappa shape index (κ2) is 4.73. The van der Waals surface area contributed by atoms with Crippen LogP contribution >= 0.6 is 22.9 Å². The minimum Gasteiger partial charge on any atom is -0.192 e. The quantitative estimate of drug-likeness (QED) is 0.690. The summed E-state index contributed by atoms with van der Waals surface area (Å²) in [5, 5.41) is 13.4. The molecule has 0 aliphatic carbocycles. The maximum absolute atomic E-state index is 9.37. The van der Waals surface area contributed by atoms with Crippen molar-refractivity contribution >= 4 is 22.9 Å². The van der Waals surface area contributed by atoms with Gasteiger partial charge in [0.15, 0.2) is 0 Å². The first-order valence-electron chi connectivity index (χ1n) is 5.38. The van der Waals surface area contributed by atoms with Gasteiger partial charge in [0, 0.05) is 10.9 Å². The Morgan fingerprint density at radius 3 is 2.56 bits per heavy atom. The number of nitrogens with zero attached hydrogens (tertiary/aromatic N) is 2.